The zero-order chi connectivity index (χ0) is 16.7. The van der Waals surface area contributed by atoms with Crippen LogP contribution in [0.2, 0.25) is 0 Å². The van der Waals surface area contributed by atoms with Crippen molar-refractivity contribution < 1.29 is 28.9 Å². The SMILES string of the molecule is Cn1cnc2c(ncn2[C@@H]2O[C@H](CO[P+](=O)[O-])[C@@H](O)[C@H]2O)c1=S. The molecule has 1 aliphatic heterocycles. The number of rotatable bonds is 4. The smallest absolute Gasteiger partial charge is 0.488 e. The third kappa shape index (κ3) is 2.92. The molecule has 5 atom stereocenters. The van der Waals surface area contributed by atoms with E-state index in [1.165, 1.54) is 17.2 Å². The van der Waals surface area contributed by atoms with Gasteiger partial charge in [0.2, 0.25) is 0 Å². The molecular formula is C11H13N4O6PS. The van der Waals surface area contributed by atoms with Crippen LogP contribution in [0.3, 0.4) is 0 Å². The number of aromatic nitrogens is 4. The molecule has 10 nitrogen and oxygen atoms in total. The van der Waals surface area contributed by atoms with Gasteiger partial charge < -0.3 is 24.4 Å². The summed E-state index contributed by atoms with van der Waals surface area (Å²) in [5.74, 6) is 0. The molecule has 12 heteroatoms. The first-order valence-electron chi connectivity index (χ1n) is 6.57. The molecule has 1 aliphatic rings. The van der Waals surface area contributed by atoms with Gasteiger partial charge in [-0.1, -0.05) is 12.2 Å². The van der Waals surface area contributed by atoms with Crippen LogP contribution in [0.25, 0.3) is 11.2 Å². The van der Waals surface area contributed by atoms with Crippen LogP contribution in [0.4, 0.5) is 0 Å². The van der Waals surface area contributed by atoms with Gasteiger partial charge in [0.1, 0.15) is 35.1 Å². The molecule has 124 valence electrons. The number of fused-ring (bicyclic) bond motifs is 1. The van der Waals surface area contributed by atoms with Crippen LogP contribution in [-0.2, 0) is 20.9 Å². The quantitative estimate of drug-likeness (QED) is 0.528. The van der Waals surface area contributed by atoms with Crippen molar-refractivity contribution in [3.8, 4) is 0 Å². The van der Waals surface area contributed by atoms with Crippen molar-refractivity contribution in [1.29, 1.82) is 0 Å². The molecule has 0 amide bonds. The van der Waals surface area contributed by atoms with Gasteiger partial charge in [-0.3, -0.25) is 4.57 Å². The molecule has 0 saturated carbocycles. The summed E-state index contributed by atoms with van der Waals surface area (Å²) in [6.07, 6.45) is -1.69. The molecule has 1 unspecified atom stereocenters. The van der Waals surface area contributed by atoms with Crippen LogP contribution in [0, 0.1) is 4.64 Å². The van der Waals surface area contributed by atoms with E-state index in [0.717, 1.165) is 0 Å². The summed E-state index contributed by atoms with van der Waals surface area (Å²) in [5, 5.41) is 20.1. The average molecular weight is 360 g/mol. The summed E-state index contributed by atoms with van der Waals surface area (Å²) < 4.78 is 23.9. The minimum Gasteiger partial charge on any atom is -0.566 e. The van der Waals surface area contributed by atoms with Gasteiger partial charge in [0.25, 0.3) is 0 Å². The summed E-state index contributed by atoms with van der Waals surface area (Å²) >= 11 is 5.24. The number of nitrogens with zero attached hydrogens (tertiary/aromatic N) is 4. The van der Waals surface area contributed by atoms with E-state index in [9.17, 15) is 19.7 Å². The lowest BCUT2D eigenvalue weighted by atomic mass is 10.1. The number of aliphatic hydroxyl groups excluding tert-OH is 2. The molecule has 0 radical (unpaired) electrons. The lowest BCUT2D eigenvalue weighted by Crippen LogP contribution is -2.33. The summed E-state index contributed by atoms with van der Waals surface area (Å²) in [7, 11) is -1.33. The molecule has 2 aromatic rings. The van der Waals surface area contributed by atoms with Gasteiger partial charge in [-0.25, -0.2) is 9.97 Å². The van der Waals surface area contributed by atoms with Crippen molar-refractivity contribution in [3.05, 3.63) is 17.3 Å². The minimum atomic E-state index is -3.07. The molecule has 0 spiro atoms. The lowest BCUT2D eigenvalue weighted by molar-refractivity contribution is -0.188. The maximum atomic E-state index is 10.5. The van der Waals surface area contributed by atoms with Crippen LogP contribution in [-0.4, -0.2) is 54.2 Å². The number of hydrogen-bond acceptors (Lipinski definition) is 9. The second-order valence-electron chi connectivity index (χ2n) is 5.05. The second-order valence-corrected chi connectivity index (χ2v) is 6.14. The summed E-state index contributed by atoms with van der Waals surface area (Å²) in [6, 6.07) is 0. The van der Waals surface area contributed by atoms with E-state index < -0.39 is 39.4 Å². The van der Waals surface area contributed by atoms with E-state index in [2.05, 4.69) is 14.5 Å². The van der Waals surface area contributed by atoms with E-state index in [1.807, 2.05) is 0 Å². The predicted octanol–water partition coefficient (Wildman–Crippen LogP) is -0.847. The molecule has 23 heavy (non-hydrogen) atoms. The van der Waals surface area contributed by atoms with Gasteiger partial charge in [-0.05, 0) is 4.57 Å². The summed E-state index contributed by atoms with van der Waals surface area (Å²) in [6.45, 7) is -0.394. The van der Waals surface area contributed by atoms with Crippen molar-refractivity contribution in [2.45, 2.75) is 24.5 Å². The Morgan fingerprint density at radius 2 is 2.17 bits per heavy atom. The Hall–Kier alpha value is -1.33. The molecule has 1 saturated heterocycles. The Kier molecular flexibility index (Phi) is 4.52. The van der Waals surface area contributed by atoms with Crippen LogP contribution in [0.15, 0.2) is 12.7 Å². The van der Waals surface area contributed by atoms with Crippen molar-refractivity contribution in [2.24, 2.45) is 7.05 Å². The van der Waals surface area contributed by atoms with E-state index in [0.29, 0.717) is 15.8 Å². The molecule has 3 rings (SSSR count). The van der Waals surface area contributed by atoms with Crippen LogP contribution in [0.5, 0.6) is 0 Å². The lowest BCUT2D eigenvalue weighted by Gasteiger charge is -2.16. The van der Waals surface area contributed by atoms with Crippen molar-refractivity contribution in [2.75, 3.05) is 6.61 Å². The Bertz CT molecular complexity index is 809. The highest BCUT2D eigenvalue weighted by molar-refractivity contribution is 7.71. The van der Waals surface area contributed by atoms with E-state index >= 15 is 0 Å². The van der Waals surface area contributed by atoms with Crippen LogP contribution in [0.1, 0.15) is 6.23 Å². The van der Waals surface area contributed by atoms with Gasteiger partial charge in [0, 0.05) is 7.05 Å². The first-order valence-corrected chi connectivity index (χ1v) is 8.07. The van der Waals surface area contributed by atoms with E-state index in [4.69, 9.17) is 17.0 Å². The largest absolute Gasteiger partial charge is 0.566 e. The number of imidazole rings is 1. The fourth-order valence-electron chi connectivity index (χ4n) is 2.41. The van der Waals surface area contributed by atoms with Gasteiger partial charge in [-0.15, -0.1) is 4.52 Å². The fourth-order valence-corrected chi connectivity index (χ4v) is 2.87. The Morgan fingerprint density at radius 3 is 2.87 bits per heavy atom. The van der Waals surface area contributed by atoms with Gasteiger partial charge >= 0.3 is 8.25 Å². The number of aryl methyl sites for hydroxylation is 1. The molecule has 1 fully saturated rings. The normalized spacial score (nSPS) is 28.4. The maximum Gasteiger partial charge on any atom is 0.488 e. The molecule has 2 N–H and O–H groups in total. The molecule has 2 aromatic heterocycles. The Balaban J connectivity index is 1.91. The first kappa shape index (κ1) is 16.5. The van der Waals surface area contributed by atoms with Gasteiger partial charge in [-0.2, -0.15) is 0 Å². The Morgan fingerprint density at radius 1 is 1.43 bits per heavy atom. The zero-order valence-corrected chi connectivity index (χ0v) is 13.6. The highest BCUT2D eigenvalue weighted by atomic mass is 32.1. The van der Waals surface area contributed by atoms with Gasteiger partial charge in [0.05, 0.1) is 12.7 Å². The minimum absolute atomic E-state index is 0.390. The van der Waals surface area contributed by atoms with Crippen molar-refractivity contribution in [3.63, 3.8) is 0 Å². The molecule has 0 aromatic carbocycles. The maximum absolute atomic E-state index is 10.5. The second kappa shape index (κ2) is 6.29. The first-order chi connectivity index (χ1) is 10.9. The van der Waals surface area contributed by atoms with Crippen molar-refractivity contribution >= 4 is 31.6 Å². The third-order valence-corrected chi connectivity index (χ3v) is 4.44. The monoisotopic (exact) mass is 360 g/mol. The zero-order valence-electron chi connectivity index (χ0n) is 11.8. The van der Waals surface area contributed by atoms with Crippen molar-refractivity contribution in [1.82, 2.24) is 19.1 Å². The standard InChI is InChI=1S/C11H13N4O6PS/c1-14-3-13-9-6(11(14)23)12-4-15(9)10-8(17)7(16)5(21-10)2-20-22(18)19/h3-5,7-8,10,16-17H,2H2,1H3/t5-,7-,8-,10-/m1/s1. The van der Waals surface area contributed by atoms with Crippen LogP contribution >= 0.6 is 20.5 Å². The highest BCUT2D eigenvalue weighted by Crippen LogP contribution is 2.32. The van der Waals surface area contributed by atoms with Crippen LogP contribution < -0.4 is 4.89 Å². The fraction of sp³-hybridized carbons (Fsp3) is 0.545. The summed E-state index contributed by atoms with van der Waals surface area (Å²) in [4.78, 5) is 18.8. The predicted molar refractivity (Wildman–Crippen MR) is 76.8 cm³/mol. The molecular weight excluding hydrogens is 347 g/mol. The number of aliphatic hydroxyl groups is 2. The molecule has 3 heterocycles. The highest BCUT2D eigenvalue weighted by Gasteiger charge is 2.45. The van der Waals surface area contributed by atoms with Gasteiger partial charge in [0.15, 0.2) is 11.9 Å². The Labute approximate surface area is 135 Å². The average Bonchev–Trinajstić information content (AvgIpc) is 3.05. The summed E-state index contributed by atoms with van der Waals surface area (Å²) in [5.41, 5.74) is 0.846. The number of hydrogen-bond donors (Lipinski definition) is 2. The molecule has 0 aliphatic carbocycles. The number of ether oxygens (including phenoxy) is 1. The van der Waals surface area contributed by atoms with E-state index in [-0.39, 0.29) is 0 Å². The molecule has 0 bridgehead atoms. The topological polar surface area (TPSA) is 135 Å². The third-order valence-electron chi connectivity index (χ3n) is 3.60. The van der Waals surface area contributed by atoms with E-state index in [1.54, 1.807) is 11.6 Å².